The van der Waals surface area contributed by atoms with Crippen molar-refractivity contribution in [2.24, 2.45) is 0 Å². The minimum Gasteiger partial charge on any atom is -0.141 e. The molecule has 0 nitrogen and oxygen atoms in total. The van der Waals surface area contributed by atoms with E-state index in [1.165, 1.54) is 19.2 Å². The molecule has 0 aliphatic heterocycles. The van der Waals surface area contributed by atoms with Gasteiger partial charge in [-0.2, -0.15) is 0 Å². The number of hydrogen-bond acceptors (Lipinski definition) is 1. The second kappa shape index (κ2) is 4.04. The summed E-state index contributed by atoms with van der Waals surface area (Å²) in [7, 11) is 0. The summed E-state index contributed by atoms with van der Waals surface area (Å²) < 4.78 is 3.77. The first-order chi connectivity index (χ1) is 6.24. The molecule has 0 spiro atoms. The zero-order valence-electron chi connectivity index (χ0n) is 6.48. The Balaban J connectivity index is 2.88. The smallest absolute Gasteiger partial charge is 0.0491 e. The Labute approximate surface area is 108 Å². The number of hydrogen-bond donors (Lipinski definition) is 0. The van der Waals surface area contributed by atoms with E-state index in [1.807, 2.05) is 0 Å². The van der Waals surface area contributed by atoms with Gasteiger partial charge in [0, 0.05) is 29.4 Å². The van der Waals surface area contributed by atoms with Crippen LogP contribution < -0.4 is 0 Å². The topological polar surface area (TPSA) is 0 Å². The van der Waals surface area contributed by atoms with E-state index in [0.29, 0.717) is 5.88 Å². The Morgan fingerprint density at radius 3 is 2.92 bits per heavy atom. The van der Waals surface area contributed by atoms with E-state index < -0.39 is 0 Å². The summed E-state index contributed by atoms with van der Waals surface area (Å²) >= 11 is 13.5. The van der Waals surface area contributed by atoms with Crippen molar-refractivity contribution in [3.8, 4) is 0 Å². The van der Waals surface area contributed by atoms with Crippen molar-refractivity contribution >= 4 is 71.5 Å². The Bertz CT molecular complexity index is 452. The van der Waals surface area contributed by atoms with Crippen molar-refractivity contribution in [1.29, 1.82) is 0 Å². The molecule has 1 aromatic heterocycles. The first kappa shape index (κ1) is 10.2. The third-order valence-corrected chi connectivity index (χ3v) is 5.35. The standard InChI is InChI=1S/C9H5BrClIS/c10-6-4-13-9-7(12)2-1-5(3-11)8(6)9/h1-2,4H,3H2. The van der Waals surface area contributed by atoms with Crippen LogP contribution in [0.2, 0.25) is 0 Å². The van der Waals surface area contributed by atoms with Gasteiger partial charge in [0.25, 0.3) is 0 Å². The zero-order chi connectivity index (χ0) is 9.42. The van der Waals surface area contributed by atoms with Crippen molar-refractivity contribution in [3.63, 3.8) is 0 Å². The van der Waals surface area contributed by atoms with Crippen LogP contribution >= 0.6 is 61.5 Å². The maximum atomic E-state index is 5.87. The zero-order valence-corrected chi connectivity index (χ0v) is 11.8. The number of fused-ring (bicyclic) bond motifs is 1. The van der Waals surface area contributed by atoms with Crippen molar-refractivity contribution in [2.45, 2.75) is 5.88 Å². The molecule has 13 heavy (non-hydrogen) atoms. The molecule has 0 saturated carbocycles. The lowest BCUT2D eigenvalue weighted by molar-refractivity contribution is 1.45. The third-order valence-electron chi connectivity index (χ3n) is 1.86. The molecular weight excluding hydrogens is 382 g/mol. The maximum Gasteiger partial charge on any atom is 0.0491 e. The quantitative estimate of drug-likeness (QED) is 0.477. The molecule has 4 heteroatoms. The average Bonchev–Trinajstić information content (AvgIpc) is 2.51. The Hall–Kier alpha value is 0.680. The Morgan fingerprint density at radius 2 is 2.23 bits per heavy atom. The van der Waals surface area contributed by atoms with Crippen LogP contribution in [0.5, 0.6) is 0 Å². The number of alkyl halides is 1. The number of thiophene rings is 1. The van der Waals surface area contributed by atoms with Crippen molar-refractivity contribution in [2.75, 3.05) is 0 Å². The fourth-order valence-corrected chi connectivity index (χ4v) is 4.05. The van der Waals surface area contributed by atoms with Gasteiger partial charge in [0.1, 0.15) is 0 Å². The fourth-order valence-electron chi connectivity index (χ4n) is 1.26. The van der Waals surface area contributed by atoms with Crippen LogP contribution in [-0.4, -0.2) is 0 Å². The first-order valence-corrected chi connectivity index (χ1v) is 6.92. The van der Waals surface area contributed by atoms with E-state index >= 15 is 0 Å². The highest BCUT2D eigenvalue weighted by molar-refractivity contribution is 14.1. The molecular formula is C9H5BrClIS. The van der Waals surface area contributed by atoms with Gasteiger partial charge < -0.3 is 0 Å². The molecule has 0 radical (unpaired) electrons. The molecule has 0 amide bonds. The van der Waals surface area contributed by atoms with Gasteiger partial charge in [-0.05, 0) is 50.2 Å². The van der Waals surface area contributed by atoms with E-state index in [0.717, 1.165) is 4.47 Å². The average molecular weight is 387 g/mol. The van der Waals surface area contributed by atoms with E-state index in [4.69, 9.17) is 11.6 Å². The van der Waals surface area contributed by atoms with Crippen LogP contribution in [0.15, 0.2) is 22.0 Å². The molecule has 1 heterocycles. The highest BCUT2D eigenvalue weighted by Gasteiger charge is 2.08. The summed E-state index contributed by atoms with van der Waals surface area (Å²) in [4.78, 5) is 0. The molecule has 2 rings (SSSR count). The van der Waals surface area contributed by atoms with Crippen LogP contribution in [0.1, 0.15) is 5.56 Å². The van der Waals surface area contributed by atoms with Crippen LogP contribution in [0.4, 0.5) is 0 Å². The van der Waals surface area contributed by atoms with Crippen LogP contribution in [0.3, 0.4) is 0 Å². The highest BCUT2D eigenvalue weighted by Crippen LogP contribution is 2.36. The van der Waals surface area contributed by atoms with Crippen LogP contribution in [0, 0.1) is 3.57 Å². The van der Waals surface area contributed by atoms with E-state index in [9.17, 15) is 0 Å². The predicted octanol–water partition coefficient (Wildman–Crippen LogP) is 5.01. The molecule has 2 aromatic rings. The largest absolute Gasteiger partial charge is 0.141 e. The molecule has 0 unspecified atom stereocenters. The summed E-state index contributed by atoms with van der Waals surface area (Å²) in [5.41, 5.74) is 1.20. The van der Waals surface area contributed by atoms with Crippen molar-refractivity contribution < 1.29 is 0 Å². The lowest BCUT2D eigenvalue weighted by atomic mass is 10.1. The van der Waals surface area contributed by atoms with Gasteiger partial charge >= 0.3 is 0 Å². The second-order valence-electron chi connectivity index (χ2n) is 2.63. The molecule has 68 valence electrons. The van der Waals surface area contributed by atoms with Gasteiger partial charge in [0.15, 0.2) is 0 Å². The molecule has 0 atom stereocenters. The minimum atomic E-state index is 0.572. The highest BCUT2D eigenvalue weighted by atomic mass is 127. The fraction of sp³-hybridized carbons (Fsp3) is 0.111. The number of halogens is 3. The summed E-state index contributed by atoms with van der Waals surface area (Å²) in [6.07, 6.45) is 0. The normalized spacial score (nSPS) is 11.0. The monoisotopic (exact) mass is 386 g/mol. The Morgan fingerprint density at radius 1 is 1.46 bits per heavy atom. The van der Waals surface area contributed by atoms with E-state index in [-0.39, 0.29) is 0 Å². The SMILES string of the molecule is ClCc1ccc(I)c2scc(Br)c12. The lowest BCUT2D eigenvalue weighted by Gasteiger charge is -2.00. The summed E-state index contributed by atoms with van der Waals surface area (Å²) in [6, 6.07) is 4.21. The molecule has 0 aliphatic carbocycles. The molecule has 0 saturated heterocycles. The van der Waals surface area contributed by atoms with Gasteiger partial charge in [-0.15, -0.1) is 22.9 Å². The Kier molecular flexibility index (Phi) is 3.18. The van der Waals surface area contributed by atoms with Crippen molar-refractivity contribution in [3.05, 3.63) is 31.1 Å². The van der Waals surface area contributed by atoms with Gasteiger partial charge in [-0.3, -0.25) is 0 Å². The third kappa shape index (κ3) is 1.76. The summed E-state index contributed by atoms with van der Waals surface area (Å²) in [5, 5.41) is 3.38. The first-order valence-electron chi connectivity index (χ1n) is 3.64. The lowest BCUT2D eigenvalue weighted by Crippen LogP contribution is -1.81. The second-order valence-corrected chi connectivity index (χ2v) is 5.79. The van der Waals surface area contributed by atoms with Gasteiger partial charge in [0.2, 0.25) is 0 Å². The minimum absolute atomic E-state index is 0.572. The predicted molar refractivity (Wildman–Crippen MR) is 71.8 cm³/mol. The van der Waals surface area contributed by atoms with E-state index in [1.54, 1.807) is 11.3 Å². The summed E-state index contributed by atoms with van der Waals surface area (Å²) in [5.74, 6) is 0.572. The van der Waals surface area contributed by atoms with Crippen LogP contribution in [-0.2, 0) is 5.88 Å². The van der Waals surface area contributed by atoms with Crippen molar-refractivity contribution in [1.82, 2.24) is 0 Å². The van der Waals surface area contributed by atoms with Crippen LogP contribution in [0.25, 0.3) is 10.1 Å². The number of rotatable bonds is 1. The van der Waals surface area contributed by atoms with E-state index in [2.05, 4.69) is 56.0 Å². The molecule has 0 aliphatic rings. The van der Waals surface area contributed by atoms with Gasteiger partial charge in [-0.1, -0.05) is 6.07 Å². The van der Waals surface area contributed by atoms with Gasteiger partial charge in [-0.25, -0.2) is 0 Å². The molecule has 0 N–H and O–H groups in total. The number of benzene rings is 1. The van der Waals surface area contributed by atoms with Gasteiger partial charge in [0.05, 0.1) is 0 Å². The molecule has 0 bridgehead atoms. The maximum absolute atomic E-state index is 5.87. The molecule has 0 fully saturated rings. The molecule has 1 aromatic carbocycles. The summed E-state index contributed by atoms with van der Waals surface area (Å²) in [6.45, 7) is 0.